The Morgan fingerprint density at radius 2 is 1.70 bits per heavy atom. The molecule has 4 heterocycles. The van der Waals surface area contributed by atoms with Gasteiger partial charge in [0.15, 0.2) is 22.4 Å². The number of allylic oxidation sites excluding steroid dienone is 2. The van der Waals surface area contributed by atoms with Crippen LogP contribution in [0.5, 0.6) is 0 Å². The maximum atomic E-state index is 15.1. The summed E-state index contributed by atoms with van der Waals surface area (Å²) in [6, 6.07) is 0. The van der Waals surface area contributed by atoms with E-state index < -0.39 is 68.5 Å². The second-order valence-electron chi connectivity index (χ2n) is 20.4. The average Bonchev–Trinajstić information content (AvgIpc) is 3.43. The third-order valence-electron chi connectivity index (χ3n) is 13.4. The molecule has 3 saturated heterocycles. The summed E-state index contributed by atoms with van der Waals surface area (Å²) in [7, 11) is -8.53. The predicted octanol–water partition coefficient (Wildman–Crippen LogP) is 9.40. The Hall–Kier alpha value is -1.43. The van der Waals surface area contributed by atoms with Crippen LogP contribution in [0.15, 0.2) is 47.1 Å². The van der Waals surface area contributed by atoms with E-state index in [1.807, 2.05) is 51.2 Å². The summed E-state index contributed by atoms with van der Waals surface area (Å²) in [5.74, 6) is -1.69. The van der Waals surface area contributed by atoms with Crippen molar-refractivity contribution in [3.8, 4) is 0 Å². The lowest BCUT2D eigenvalue weighted by Crippen LogP contribution is -2.64. The van der Waals surface area contributed by atoms with Gasteiger partial charge in [-0.3, -0.25) is 8.98 Å². The van der Waals surface area contributed by atoms with Crippen molar-refractivity contribution < 1.29 is 45.2 Å². The first-order valence-corrected chi connectivity index (χ1v) is 29.5. The molecule has 2 bridgehead atoms. The number of rotatable bonds is 8. The van der Waals surface area contributed by atoms with E-state index in [9.17, 15) is 8.42 Å². The molecule has 1 unspecified atom stereocenters. The number of ether oxygens (including phenoxy) is 4. The summed E-state index contributed by atoms with van der Waals surface area (Å²) in [6.07, 6.45) is 12.4. The van der Waals surface area contributed by atoms with Crippen molar-refractivity contribution in [1.29, 1.82) is 0 Å². The molecule has 1 aliphatic carbocycles. The van der Waals surface area contributed by atoms with Crippen LogP contribution in [0.4, 0.5) is 0 Å². The van der Waals surface area contributed by atoms with Crippen molar-refractivity contribution in [2.75, 3.05) is 12.9 Å². The highest BCUT2D eigenvalue weighted by atomic mass is 32.2. The van der Waals surface area contributed by atoms with Gasteiger partial charge in [-0.1, -0.05) is 85.3 Å². The average molecular weight is 851 g/mol. The first kappa shape index (κ1) is 46.6. The normalized spacial score (nSPS) is 40.2. The molecule has 0 amide bonds. The highest BCUT2D eigenvalue weighted by molar-refractivity contribution is 7.86. The van der Waals surface area contributed by atoms with Crippen molar-refractivity contribution >= 4 is 32.7 Å². The van der Waals surface area contributed by atoms with Gasteiger partial charge in [0, 0.05) is 25.2 Å². The van der Waals surface area contributed by atoms with E-state index in [0.29, 0.717) is 37.5 Å². The van der Waals surface area contributed by atoms with E-state index in [2.05, 4.69) is 74.3 Å². The third-order valence-corrected chi connectivity index (χ3v) is 19.3. The summed E-state index contributed by atoms with van der Waals surface area (Å²) in [5.41, 5.74) is 1.35. The summed E-state index contributed by atoms with van der Waals surface area (Å²) < 4.78 is 73.1. The first-order valence-electron chi connectivity index (χ1n) is 21.4. The van der Waals surface area contributed by atoms with Crippen LogP contribution in [0.25, 0.3) is 0 Å². The molecule has 0 aromatic carbocycles. The molecule has 13 heteroatoms. The number of hydrogen-bond donors (Lipinski definition) is 0. The molecule has 5 aliphatic rings. The molecule has 3 fully saturated rings. The van der Waals surface area contributed by atoms with Crippen LogP contribution in [-0.4, -0.2) is 91.9 Å². The van der Waals surface area contributed by atoms with E-state index in [1.54, 1.807) is 0 Å². The van der Waals surface area contributed by atoms with Gasteiger partial charge in [-0.15, -0.1) is 0 Å². The molecule has 1 spiro atoms. The zero-order valence-electron chi connectivity index (χ0n) is 37.6. The van der Waals surface area contributed by atoms with Crippen molar-refractivity contribution in [3.63, 3.8) is 0 Å². The molecule has 12 atom stereocenters. The smallest absolute Gasteiger partial charge is 0.316 e. The van der Waals surface area contributed by atoms with Crippen molar-refractivity contribution in [1.82, 2.24) is 0 Å². The number of hydrogen-bond acceptors (Lipinski definition) is 10. The van der Waals surface area contributed by atoms with Crippen LogP contribution in [0, 0.1) is 23.7 Å². The van der Waals surface area contributed by atoms with E-state index in [-0.39, 0.29) is 35.7 Å². The van der Waals surface area contributed by atoms with Gasteiger partial charge in [0.05, 0.1) is 31.2 Å². The lowest BCUT2D eigenvalue weighted by Gasteiger charge is -2.52. The Kier molecular flexibility index (Phi) is 14.0. The highest BCUT2D eigenvalue weighted by Gasteiger charge is 2.64. The highest BCUT2D eigenvalue weighted by Crippen LogP contribution is 2.52. The fourth-order valence-corrected chi connectivity index (χ4v) is 12.6. The first-order chi connectivity index (χ1) is 26.2. The molecule has 0 saturated carbocycles. The lowest BCUT2D eigenvalue weighted by atomic mass is 9.71. The zero-order valence-corrected chi connectivity index (χ0v) is 40.4. The Labute approximate surface area is 346 Å². The maximum absolute atomic E-state index is 15.1. The van der Waals surface area contributed by atoms with Crippen LogP contribution < -0.4 is 0 Å². The summed E-state index contributed by atoms with van der Waals surface area (Å²) >= 11 is 0. The van der Waals surface area contributed by atoms with Gasteiger partial charge in [0.25, 0.3) is 10.1 Å². The second-order valence-corrected chi connectivity index (χ2v) is 31.2. The standard InChI is InChI=1S/C44H74O10SSi2/c1-16-28(2)37-31(5)22-23-43(51-37)26-35-25-34(50-43)21-20-30(4)38(52-55(10,46)47)29(3)18-17-19-33-27-48-40-39(53-57(14,15)42(7,8)9)32(6)24-36(41(45)49-35)44(33,40)54-56(11,12)13/h17-20,24,28-29,31,34-40H,16,21-23,25-27H2,1-15H3/b18-17+,30-20+,33-19+/t28?,29-,31-,34+,35-,36-,37+,38-,39+,40+,43+,44+/m0/s1. The predicted molar refractivity (Wildman–Crippen MR) is 230 cm³/mol. The molecule has 324 valence electrons. The summed E-state index contributed by atoms with van der Waals surface area (Å²) in [4.78, 5) is 15.1. The SMILES string of the molecule is CCC(C)[C@H]1O[C@]2(CC[C@@H]1C)C[C@@H]1C[C@@H](C/C=C(\C)[C@@H](OS(C)(=O)=O)[C@@H](C)/C=C/C=C3\CO[C@@H]4[C@H](O[Si](C)(C)C(C)(C)C)C(C)=C[C@@H](C(=O)O1)[C@]34O[Si](C)(C)C)O2. The Bertz CT molecular complexity index is 1700. The van der Waals surface area contributed by atoms with Crippen LogP contribution in [0.2, 0.25) is 37.8 Å². The number of carbonyl (C=O) groups is 1. The van der Waals surface area contributed by atoms with Gasteiger partial charge in [0.2, 0.25) is 0 Å². The second kappa shape index (κ2) is 17.1. The van der Waals surface area contributed by atoms with Crippen LogP contribution >= 0.6 is 0 Å². The number of fused-ring (bicyclic) bond motifs is 2. The Morgan fingerprint density at radius 1 is 1.02 bits per heavy atom. The minimum atomic E-state index is -3.79. The molecule has 57 heavy (non-hydrogen) atoms. The van der Waals surface area contributed by atoms with E-state index in [1.165, 1.54) is 0 Å². The third kappa shape index (κ3) is 10.4. The molecular weight excluding hydrogens is 777 g/mol. The van der Waals surface area contributed by atoms with Crippen molar-refractivity contribution in [2.24, 2.45) is 23.7 Å². The van der Waals surface area contributed by atoms with E-state index in [4.69, 9.17) is 32.0 Å². The quantitative estimate of drug-likeness (QED) is 0.101. The van der Waals surface area contributed by atoms with Gasteiger partial charge in [0.1, 0.15) is 29.8 Å². The largest absolute Gasteiger partial charge is 0.462 e. The molecule has 0 radical (unpaired) electrons. The fraction of sp³-hybridized carbons (Fsp3) is 0.795. The van der Waals surface area contributed by atoms with Gasteiger partial charge >= 0.3 is 5.97 Å². The molecule has 0 aromatic rings. The van der Waals surface area contributed by atoms with Gasteiger partial charge < -0.3 is 27.8 Å². The molecule has 0 N–H and O–H groups in total. The van der Waals surface area contributed by atoms with Crippen LogP contribution in [0.1, 0.15) is 101 Å². The van der Waals surface area contributed by atoms with Gasteiger partial charge in [-0.2, -0.15) is 8.42 Å². The minimum Gasteiger partial charge on any atom is -0.462 e. The van der Waals surface area contributed by atoms with Gasteiger partial charge in [-0.25, -0.2) is 0 Å². The molecule has 10 nitrogen and oxygen atoms in total. The Balaban J connectivity index is 1.69. The zero-order chi connectivity index (χ0) is 42.5. The number of carbonyl (C=O) groups excluding carboxylic acids is 1. The van der Waals surface area contributed by atoms with Crippen molar-refractivity contribution in [3.05, 3.63) is 47.1 Å². The maximum Gasteiger partial charge on any atom is 0.316 e. The van der Waals surface area contributed by atoms with Gasteiger partial charge in [-0.05, 0) is 93.0 Å². The molecule has 5 rings (SSSR count). The monoisotopic (exact) mass is 850 g/mol. The van der Waals surface area contributed by atoms with E-state index >= 15 is 4.79 Å². The van der Waals surface area contributed by atoms with E-state index in [0.717, 1.165) is 35.8 Å². The summed E-state index contributed by atoms with van der Waals surface area (Å²) in [6.45, 7) is 30.4. The Morgan fingerprint density at radius 3 is 2.32 bits per heavy atom. The van der Waals surface area contributed by atoms with Crippen LogP contribution in [-0.2, 0) is 46.9 Å². The topological polar surface area (TPSA) is 116 Å². The minimum absolute atomic E-state index is 0.00781. The van der Waals surface area contributed by atoms with Crippen molar-refractivity contribution in [2.45, 2.75) is 187 Å². The lowest BCUT2D eigenvalue weighted by molar-refractivity contribution is -0.340. The summed E-state index contributed by atoms with van der Waals surface area (Å²) in [5, 5.41) is -0.0634. The molecule has 0 aromatic heterocycles. The number of esters is 1. The molecule has 4 aliphatic heterocycles. The van der Waals surface area contributed by atoms with Crippen LogP contribution in [0.3, 0.4) is 0 Å². The fourth-order valence-electron chi connectivity index (χ4n) is 9.20. The molecular formula is C44H74O10SSi2.